The van der Waals surface area contributed by atoms with Crippen molar-refractivity contribution in [2.24, 2.45) is 5.92 Å². The highest BCUT2D eigenvalue weighted by molar-refractivity contribution is 7.99. The number of nitrogens with zero attached hydrogens (tertiary/aromatic N) is 5. The molecule has 1 aliphatic rings. The van der Waals surface area contributed by atoms with Crippen LogP contribution in [0, 0.1) is 17.2 Å². The summed E-state index contributed by atoms with van der Waals surface area (Å²) in [7, 11) is 1.64. The number of carbonyl (C=O) groups excluding carboxylic acids is 1. The smallest absolute Gasteiger partial charge is 0.231 e. The predicted molar refractivity (Wildman–Crippen MR) is 101 cm³/mol. The van der Waals surface area contributed by atoms with Crippen molar-refractivity contribution in [3.8, 4) is 17.5 Å². The van der Waals surface area contributed by atoms with Crippen molar-refractivity contribution < 1.29 is 9.53 Å². The molecule has 1 saturated carbocycles. The van der Waals surface area contributed by atoms with E-state index >= 15 is 0 Å². The SMILES string of the molecule is COCCn1c(SCC(=O)NC(C)(C#N)C2CC2)nnc1-c1ccncc1. The maximum atomic E-state index is 12.4. The fraction of sp³-hybridized carbons (Fsp3) is 0.500. The van der Waals surface area contributed by atoms with Gasteiger partial charge in [-0.05, 0) is 37.8 Å². The fourth-order valence-corrected chi connectivity index (χ4v) is 3.60. The second-order valence-corrected chi connectivity index (χ2v) is 7.55. The maximum absolute atomic E-state index is 12.4. The number of pyridine rings is 1. The number of nitriles is 1. The van der Waals surface area contributed by atoms with Crippen LogP contribution in [-0.2, 0) is 16.1 Å². The molecule has 0 spiro atoms. The van der Waals surface area contributed by atoms with E-state index in [0.717, 1.165) is 18.4 Å². The number of aromatic nitrogens is 4. The van der Waals surface area contributed by atoms with Gasteiger partial charge in [0.25, 0.3) is 0 Å². The minimum absolute atomic E-state index is 0.172. The molecule has 2 aromatic rings. The number of ether oxygens (including phenoxy) is 1. The lowest BCUT2D eigenvalue weighted by atomic mass is 9.98. The minimum Gasteiger partial charge on any atom is -0.383 e. The molecule has 0 aromatic carbocycles. The number of amides is 1. The molecule has 9 heteroatoms. The number of hydrogen-bond acceptors (Lipinski definition) is 7. The molecule has 1 fully saturated rings. The summed E-state index contributed by atoms with van der Waals surface area (Å²) in [6, 6.07) is 5.96. The largest absolute Gasteiger partial charge is 0.383 e. The summed E-state index contributed by atoms with van der Waals surface area (Å²) < 4.78 is 7.12. The van der Waals surface area contributed by atoms with Crippen molar-refractivity contribution in [3.05, 3.63) is 24.5 Å². The zero-order valence-electron chi connectivity index (χ0n) is 15.4. The topological polar surface area (TPSA) is 106 Å². The van der Waals surface area contributed by atoms with Crippen LogP contribution in [-0.4, -0.2) is 50.7 Å². The van der Waals surface area contributed by atoms with Crippen molar-refractivity contribution in [2.45, 2.75) is 37.0 Å². The Hall–Kier alpha value is -2.44. The zero-order valence-corrected chi connectivity index (χ0v) is 16.2. The van der Waals surface area contributed by atoms with Gasteiger partial charge in [0.1, 0.15) is 5.54 Å². The summed E-state index contributed by atoms with van der Waals surface area (Å²) >= 11 is 1.30. The Morgan fingerprint density at radius 1 is 1.44 bits per heavy atom. The van der Waals surface area contributed by atoms with Crippen LogP contribution >= 0.6 is 11.8 Å². The second kappa shape index (κ2) is 8.50. The molecule has 1 aliphatic carbocycles. The normalized spacial score (nSPS) is 15.7. The van der Waals surface area contributed by atoms with Gasteiger partial charge in [0.15, 0.2) is 11.0 Å². The molecule has 0 radical (unpaired) electrons. The van der Waals surface area contributed by atoms with Crippen LogP contribution in [0.1, 0.15) is 19.8 Å². The summed E-state index contributed by atoms with van der Waals surface area (Å²) in [4.78, 5) is 16.4. The van der Waals surface area contributed by atoms with Crippen molar-refractivity contribution >= 4 is 17.7 Å². The van der Waals surface area contributed by atoms with E-state index < -0.39 is 5.54 Å². The molecule has 8 nitrogen and oxygen atoms in total. The van der Waals surface area contributed by atoms with Gasteiger partial charge in [-0.1, -0.05) is 11.8 Å². The van der Waals surface area contributed by atoms with E-state index in [2.05, 4.69) is 26.6 Å². The van der Waals surface area contributed by atoms with E-state index in [1.807, 2.05) is 16.7 Å². The van der Waals surface area contributed by atoms with Gasteiger partial charge in [0.2, 0.25) is 5.91 Å². The summed E-state index contributed by atoms with van der Waals surface area (Å²) in [6.45, 7) is 2.86. The van der Waals surface area contributed by atoms with E-state index in [1.54, 1.807) is 26.4 Å². The first-order chi connectivity index (χ1) is 13.1. The van der Waals surface area contributed by atoms with Crippen LogP contribution < -0.4 is 5.32 Å². The number of hydrogen-bond donors (Lipinski definition) is 1. The van der Waals surface area contributed by atoms with Gasteiger partial charge < -0.3 is 10.1 Å². The Balaban J connectivity index is 1.70. The van der Waals surface area contributed by atoms with E-state index in [-0.39, 0.29) is 17.6 Å². The van der Waals surface area contributed by atoms with Crippen LogP contribution in [0.5, 0.6) is 0 Å². The van der Waals surface area contributed by atoms with Gasteiger partial charge >= 0.3 is 0 Å². The first-order valence-corrected chi connectivity index (χ1v) is 9.73. The zero-order chi connectivity index (χ0) is 19.3. The number of rotatable bonds is 9. The average Bonchev–Trinajstić information content (AvgIpc) is 3.47. The third-order valence-corrected chi connectivity index (χ3v) is 5.50. The Bertz CT molecular complexity index is 830. The number of thioether (sulfide) groups is 1. The number of carbonyl (C=O) groups is 1. The van der Waals surface area contributed by atoms with Crippen molar-refractivity contribution in [2.75, 3.05) is 19.5 Å². The van der Waals surface area contributed by atoms with Crippen LogP contribution in [0.3, 0.4) is 0 Å². The average molecular weight is 386 g/mol. The fourth-order valence-electron chi connectivity index (χ4n) is 2.83. The molecule has 1 N–H and O–H groups in total. The van der Waals surface area contributed by atoms with Crippen molar-refractivity contribution in [3.63, 3.8) is 0 Å². The summed E-state index contributed by atoms with van der Waals surface area (Å²) in [5.41, 5.74) is 0.111. The lowest BCUT2D eigenvalue weighted by Crippen LogP contribution is -2.47. The first kappa shape index (κ1) is 19.3. The van der Waals surface area contributed by atoms with Crippen LogP contribution in [0.25, 0.3) is 11.4 Å². The van der Waals surface area contributed by atoms with Gasteiger partial charge in [-0.25, -0.2) is 0 Å². The Kier molecular flexibility index (Phi) is 6.08. The molecule has 0 bridgehead atoms. The standard InChI is InChI=1S/C18H22N6O2S/c1-18(12-19,14-3-4-14)21-15(25)11-27-17-23-22-16(24(17)9-10-26-2)13-5-7-20-8-6-13/h5-8,14H,3-4,9-11H2,1-2H3,(H,21,25). The molecule has 0 aliphatic heterocycles. The molecule has 1 unspecified atom stereocenters. The first-order valence-electron chi connectivity index (χ1n) is 8.75. The van der Waals surface area contributed by atoms with Gasteiger partial charge in [0.05, 0.1) is 25.0 Å². The van der Waals surface area contributed by atoms with Gasteiger partial charge in [-0.15, -0.1) is 10.2 Å². The molecule has 2 aromatic heterocycles. The third kappa shape index (κ3) is 4.64. The molecule has 2 heterocycles. The number of nitrogens with one attached hydrogen (secondary N) is 1. The molecule has 0 saturated heterocycles. The predicted octanol–water partition coefficient (Wildman–Crippen LogP) is 1.89. The molecule has 142 valence electrons. The molecule has 3 rings (SSSR count). The van der Waals surface area contributed by atoms with Gasteiger partial charge in [-0.3, -0.25) is 14.3 Å². The highest BCUT2D eigenvalue weighted by atomic mass is 32.2. The highest BCUT2D eigenvalue weighted by Crippen LogP contribution is 2.39. The van der Waals surface area contributed by atoms with Gasteiger partial charge in [0, 0.05) is 25.1 Å². The van der Waals surface area contributed by atoms with Crippen molar-refractivity contribution in [1.82, 2.24) is 25.1 Å². The second-order valence-electron chi connectivity index (χ2n) is 6.61. The lowest BCUT2D eigenvalue weighted by Gasteiger charge is -2.22. The molecular formula is C18H22N6O2S. The molecule has 27 heavy (non-hydrogen) atoms. The van der Waals surface area contributed by atoms with Crippen LogP contribution in [0.2, 0.25) is 0 Å². The molecule has 1 amide bonds. The molecular weight excluding hydrogens is 364 g/mol. The summed E-state index contributed by atoms with van der Waals surface area (Å²) in [5, 5.41) is 21.4. The third-order valence-electron chi connectivity index (χ3n) is 4.53. The monoisotopic (exact) mass is 386 g/mol. The van der Waals surface area contributed by atoms with Crippen molar-refractivity contribution in [1.29, 1.82) is 5.26 Å². The number of methoxy groups -OCH3 is 1. The van der Waals surface area contributed by atoms with E-state index in [4.69, 9.17) is 4.74 Å². The highest BCUT2D eigenvalue weighted by Gasteiger charge is 2.42. The Morgan fingerprint density at radius 3 is 2.81 bits per heavy atom. The summed E-state index contributed by atoms with van der Waals surface area (Å²) in [5.74, 6) is 0.950. The quantitative estimate of drug-likeness (QED) is 0.656. The van der Waals surface area contributed by atoms with E-state index in [0.29, 0.717) is 24.1 Å². The Labute approximate surface area is 162 Å². The van der Waals surface area contributed by atoms with E-state index in [9.17, 15) is 10.1 Å². The van der Waals surface area contributed by atoms with E-state index in [1.165, 1.54) is 11.8 Å². The van der Waals surface area contributed by atoms with Crippen LogP contribution in [0.4, 0.5) is 0 Å². The maximum Gasteiger partial charge on any atom is 0.231 e. The molecule has 1 atom stereocenters. The van der Waals surface area contributed by atoms with Crippen LogP contribution in [0.15, 0.2) is 29.7 Å². The minimum atomic E-state index is -0.788. The lowest BCUT2D eigenvalue weighted by molar-refractivity contribution is -0.119. The van der Waals surface area contributed by atoms with Gasteiger partial charge in [-0.2, -0.15) is 5.26 Å². The Morgan fingerprint density at radius 2 is 2.19 bits per heavy atom. The summed E-state index contributed by atoms with van der Waals surface area (Å²) in [6.07, 6.45) is 5.37.